The lowest BCUT2D eigenvalue weighted by Crippen LogP contribution is -2.09. The second-order valence-electron chi connectivity index (χ2n) is 8.59. The van der Waals surface area contributed by atoms with Crippen molar-refractivity contribution in [2.75, 3.05) is 19.0 Å². The molecule has 0 unspecified atom stereocenters. The van der Waals surface area contributed by atoms with Gasteiger partial charge in [-0.15, -0.1) is 0 Å². The highest BCUT2D eigenvalue weighted by molar-refractivity contribution is 5.97. The molecule has 0 spiro atoms. The van der Waals surface area contributed by atoms with Crippen LogP contribution >= 0.6 is 0 Å². The van der Waals surface area contributed by atoms with Crippen LogP contribution in [0, 0.1) is 20.8 Å². The van der Waals surface area contributed by atoms with Crippen molar-refractivity contribution in [3.05, 3.63) is 46.3 Å². The van der Waals surface area contributed by atoms with Gasteiger partial charge in [-0.3, -0.25) is 9.36 Å². The Bertz CT molecular complexity index is 1140. The Kier molecular flexibility index (Phi) is 6.03. The van der Waals surface area contributed by atoms with Crippen molar-refractivity contribution in [3.63, 3.8) is 0 Å². The van der Waals surface area contributed by atoms with E-state index in [2.05, 4.69) is 42.8 Å². The molecule has 2 heterocycles. The Balaban J connectivity index is 1.82. The highest BCUT2D eigenvalue weighted by Gasteiger charge is 2.25. The van der Waals surface area contributed by atoms with Gasteiger partial charge in [0.2, 0.25) is 0 Å². The van der Waals surface area contributed by atoms with Crippen LogP contribution in [-0.4, -0.2) is 29.0 Å². The molecular formula is C26H33N3O2. The molecule has 2 aromatic heterocycles. The van der Waals surface area contributed by atoms with E-state index in [0.717, 1.165) is 54.9 Å². The van der Waals surface area contributed by atoms with Gasteiger partial charge >= 0.3 is 0 Å². The van der Waals surface area contributed by atoms with Crippen LogP contribution in [0.5, 0.6) is 5.75 Å². The quantitative estimate of drug-likeness (QED) is 0.482. The van der Waals surface area contributed by atoms with Crippen molar-refractivity contribution in [2.45, 2.75) is 66.2 Å². The molecule has 0 aliphatic heterocycles. The topological polar surface area (TPSA) is 56.2 Å². The second-order valence-corrected chi connectivity index (χ2v) is 8.59. The number of aryl methyl sites for hydroxylation is 3. The molecule has 0 saturated carbocycles. The fourth-order valence-electron chi connectivity index (χ4n) is 4.76. The summed E-state index contributed by atoms with van der Waals surface area (Å²) in [6.45, 7) is 9.24. The molecule has 0 fully saturated rings. The van der Waals surface area contributed by atoms with Gasteiger partial charge in [-0.05, 0) is 81.3 Å². The number of nitrogens with zero attached hydrogens (tertiary/aromatic N) is 2. The normalized spacial score (nSPS) is 12.9. The summed E-state index contributed by atoms with van der Waals surface area (Å²) in [5.74, 6) is 1.20. The molecule has 164 valence electrons. The maximum absolute atomic E-state index is 11.7. The van der Waals surface area contributed by atoms with Gasteiger partial charge in [-0.25, -0.2) is 4.98 Å². The summed E-state index contributed by atoms with van der Waals surface area (Å²) < 4.78 is 7.70. The zero-order chi connectivity index (χ0) is 22.1. The fourth-order valence-corrected chi connectivity index (χ4v) is 4.76. The van der Waals surface area contributed by atoms with Crippen LogP contribution in [0.4, 0.5) is 5.69 Å². The highest BCUT2D eigenvalue weighted by Crippen LogP contribution is 2.39. The third-order valence-corrected chi connectivity index (χ3v) is 6.64. The average Bonchev–Trinajstić information content (AvgIpc) is 3.33. The van der Waals surface area contributed by atoms with E-state index in [-0.39, 0.29) is 0 Å². The van der Waals surface area contributed by atoms with Gasteiger partial charge in [0.1, 0.15) is 17.2 Å². The highest BCUT2D eigenvalue weighted by atomic mass is 16.5. The molecule has 5 nitrogen and oxygen atoms in total. The lowest BCUT2D eigenvalue weighted by atomic mass is 10.1. The molecule has 0 saturated heterocycles. The van der Waals surface area contributed by atoms with Gasteiger partial charge in [0.05, 0.1) is 18.5 Å². The lowest BCUT2D eigenvalue weighted by molar-refractivity contribution is -0.118. The molecule has 3 aromatic rings. The van der Waals surface area contributed by atoms with Crippen LogP contribution in [0.1, 0.15) is 60.7 Å². The van der Waals surface area contributed by atoms with Gasteiger partial charge in [0.25, 0.3) is 0 Å². The fraction of sp³-hybridized carbons (Fsp3) is 0.462. The van der Waals surface area contributed by atoms with Crippen molar-refractivity contribution in [1.29, 1.82) is 0 Å². The third-order valence-electron chi connectivity index (χ3n) is 6.64. The first-order valence-electron chi connectivity index (χ1n) is 11.4. The molecule has 1 N–H and O–H groups in total. The van der Waals surface area contributed by atoms with Crippen molar-refractivity contribution in [3.8, 4) is 11.4 Å². The lowest BCUT2D eigenvalue weighted by Gasteiger charge is -2.15. The zero-order valence-electron chi connectivity index (χ0n) is 19.4. The minimum absolute atomic E-state index is 0.333. The predicted molar refractivity (Wildman–Crippen MR) is 127 cm³/mol. The average molecular weight is 420 g/mol. The summed E-state index contributed by atoms with van der Waals surface area (Å²) in [5.41, 5.74) is 9.60. The maximum atomic E-state index is 11.7. The number of hydrogen-bond acceptors (Lipinski definition) is 4. The summed E-state index contributed by atoms with van der Waals surface area (Å²) in [7, 11) is 1.70. The molecule has 1 aliphatic carbocycles. The van der Waals surface area contributed by atoms with Gasteiger partial charge < -0.3 is 10.1 Å². The van der Waals surface area contributed by atoms with Gasteiger partial charge in [0.15, 0.2) is 0 Å². The number of anilines is 1. The van der Waals surface area contributed by atoms with Crippen LogP contribution in [0.15, 0.2) is 18.2 Å². The van der Waals surface area contributed by atoms with E-state index in [1.54, 1.807) is 7.11 Å². The molecule has 1 aliphatic rings. The summed E-state index contributed by atoms with van der Waals surface area (Å²) in [4.78, 5) is 16.9. The van der Waals surface area contributed by atoms with Gasteiger partial charge in [-0.1, -0.05) is 6.92 Å². The number of fused-ring (bicyclic) bond motifs is 2. The smallest absolute Gasteiger partial charge is 0.147 e. The molecule has 0 atom stereocenters. The summed E-state index contributed by atoms with van der Waals surface area (Å²) in [5, 5.41) is 4.93. The first kappa shape index (κ1) is 21.4. The molecule has 31 heavy (non-hydrogen) atoms. The minimum Gasteiger partial charge on any atom is -0.497 e. The second kappa shape index (κ2) is 8.74. The first-order valence-corrected chi connectivity index (χ1v) is 11.4. The molecule has 0 amide bonds. The van der Waals surface area contributed by atoms with Crippen LogP contribution in [0.2, 0.25) is 0 Å². The number of carbonyl (C=O) groups is 1. The predicted octanol–water partition coefficient (Wildman–Crippen LogP) is 5.62. The van der Waals surface area contributed by atoms with Crippen LogP contribution in [0.25, 0.3) is 16.7 Å². The number of ketones is 1. The number of benzene rings is 1. The summed E-state index contributed by atoms with van der Waals surface area (Å²) in [6, 6.07) is 6.21. The molecule has 5 heteroatoms. The van der Waals surface area contributed by atoms with E-state index in [1.165, 1.54) is 33.6 Å². The number of rotatable bonds is 8. The van der Waals surface area contributed by atoms with Crippen molar-refractivity contribution in [1.82, 2.24) is 9.55 Å². The van der Waals surface area contributed by atoms with Crippen molar-refractivity contribution < 1.29 is 9.53 Å². The Morgan fingerprint density at radius 2 is 2.03 bits per heavy atom. The van der Waals surface area contributed by atoms with E-state index in [9.17, 15) is 4.79 Å². The molecule has 0 bridgehead atoms. The number of pyridine rings is 1. The Morgan fingerprint density at radius 1 is 1.23 bits per heavy atom. The number of hydrogen-bond donors (Lipinski definition) is 1. The summed E-state index contributed by atoms with van der Waals surface area (Å²) >= 11 is 0. The number of Topliss-reactive ketones (excluding diaryl/α,β-unsaturated/α-hetero) is 1. The summed E-state index contributed by atoms with van der Waals surface area (Å²) in [6.07, 6.45) is 5.37. The SMILES string of the molecule is CCC(=O)CCCNc1c2c(nc3c1c(C)c(C)n3-c1ccc(OC)cc1C)CCC2. The standard InChI is InChI=1S/C26H33N3O2/c1-6-19(30)9-8-14-27-25-21-10-7-11-22(21)28-26-24(25)17(3)18(4)29(26)23-13-12-20(31-5)15-16(23)2/h12-13,15H,6-11,14H2,1-5H3,(H,27,28). The maximum Gasteiger partial charge on any atom is 0.147 e. The Labute approximate surface area is 184 Å². The first-order chi connectivity index (χ1) is 15.0. The minimum atomic E-state index is 0.333. The van der Waals surface area contributed by atoms with E-state index in [1.807, 2.05) is 13.0 Å². The van der Waals surface area contributed by atoms with Gasteiger partial charge in [0, 0.05) is 36.2 Å². The van der Waals surface area contributed by atoms with E-state index in [0.29, 0.717) is 18.6 Å². The largest absolute Gasteiger partial charge is 0.497 e. The molecular weight excluding hydrogens is 386 g/mol. The molecule has 0 radical (unpaired) electrons. The van der Waals surface area contributed by atoms with Crippen molar-refractivity contribution in [2.24, 2.45) is 0 Å². The van der Waals surface area contributed by atoms with Crippen LogP contribution in [-0.2, 0) is 17.6 Å². The number of nitrogens with one attached hydrogen (secondary N) is 1. The zero-order valence-corrected chi connectivity index (χ0v) is 19.4. The van der Waals surface area contributed by atoms with Gasteiger partial charge in [-0.2, -0.15) is 0 Å². The number of ether oxygens (including phenoxy) is 1. The molecule has 4 rings (SSSR count). The Hall–Kier alpha value is -2.82. The third kappa shape index (κ3) is 3.82. The van der Waals surface area contributed by atoms with Crippen LogP contribution in [0.3, 0.4) is 0 Å². The van der Waals surface area contributed by atoms with E-state index < -0.39 is 0 Å². The number of methoxy groups -OCH3 is 1. The Morgan fingerprint density at radius 3 is 2.74 bits per heavy atom. The van der Waals surface area contributed by atoms with E-state index >= 15 is 0 Å². The van der Waals surface area contributed by atoms with E-state index in [4.69, 9.17) is 9.72 Å². The number of aromatic nitrogens is 2. The number of carbonyl (C=O) groups excluding carboxylic acids is 1. The molecule has 1 aromatic carbocycles. The van der Waals surface area contributed by atoms with Crippen molar-refractivity contribution >= 4 is 22.5 Å². The monoisotopic (exact) mass is 419 g/mol. The van der Waals surface area contributed by atoms with Crippen LogP contribution < -0.4 is 10.1 Å².